The molecule has 0 aliphatic heterocycles. The van der Waals surface area contributed by atoms with Crippen LogP contribution < -0.4 is 0 Å². The molecule has 0 atom stereocenters. The van der Waals surface area contributed by atoms with Crippen molar-refractivity contribution in [1.29, 1.82) is 0 Å². The maximum Gasteiger partial charge on any atom is 0.364 e. The topological polar surface area (TPSA) is 66.0 Å². The lowest BCUT2D eigenvalue weighted by Crippen LogP contribution is -1.95. The average Bonchev–Trinajstić information content (AvgIpc) is 2.70. The van der Waals surface area contributed by atoms with Crippen molar-refractivity contribution in [1.82, 2.24) is 10.2 Å². The molecule has 0 unspecified atom stereocenters. The van der Waals surface area contributed by atoms with Crippen LogP contribution in [0.1, 0.15) is 5.56 Å². The first-order valence-electron chi connectivity index (χ1n) is 4.31. The molecule has 2 rings (SSSR count). The Kier molecular flexibility index (Phi) is 2.40. The van der Waals surface area contributed by atoms with E-state index in [2.05, 4.69) is 10.2 Å². The summed E-state index contributed by atoms with van der Waals surface area (Å²) >= 11 is 0. The molecule has 0 spiro atoms. The molecule has 1 aromatic heterocycles. The maximum absolute atomic E-state index is 13.7. The quantitative estimate of drug-likeness (QED) is 0.767. The average molecular weight is 224 g/mol. The maximum atomic E-state index is 13.7. The summed E-state index contributed by atoms with van der Waals surface area (Å²) in [6.45, 7) is 0. The van der Waals surface area contributed by atoms with Crippen LogP contribution in [0, 0.1) is 5.82 Å². The van der Waals surface area contributed by atoms with Crippen LogP contribution in [0.4, 0.5) is 8.78 Å². The second-order valence-corrected chi connectivity index (χ2v) is 3.10. The standard InChI is InChI=1S/C10H6F2N2O2/c11-7(10(15)16)3-5-1-2-6-4-13-14-9(6)8(5)12/h1-4H,(H,13,14)(H,15,16)/b7-3-. The lowest BCUT2D eigenvalue weighted by molar-refractivity contribution is -0.134. The lowest BCUT2D eigenvalue weighted by atomic mass is 10.1. The van der Waals surface area contributed by atoms with Crippen LogP contribution in [0.5, 0.6) is 0 Å². The molecule has 0 radical (unpaired) electrons. The van der Waals surface area contributed by atoms with E-state index < -0.39 is 17.6 Å². The Hall–Kier alpha value is -2.24. The number of carboxylic acids is 1. The minimum absolute atomic E-state index is 0.118. The highest BCUT2D eigenvalue weighted by atomic mass is 19.1. The van der Waals surface area contributed by atoms with E-state index in [1.807, 2.05) is 0 Å². The highest BCUT2D eigenvalue weighted by Gasteiger charge is 2.11. The first-order chi connectivity index (χ1) is 7.59. The van der Waals surface area contributed by atoms with E-state index in [-0.39, 0.29) is 11.1 Å². The summed E-state index contributed by atoms with van der Waals surface area (Å²) in [6.07, 6.45) is 2.04. The third kappa shape index (κ3) is 1.65. The van der Waals surface area contributed by atoms with Crippen LogP contribution in [-0.2, 0) is 4.79 Å². The van der Waals surface area contributed by atoms with Crippen LogP contribution in [0.25, 0.3) is 17.0 Å². The zero-order valence-electron chi connectivity index (χ0n) is 7.87. The van der Waals surface area contributed by atoms with Gasteiger partial charge in [-0.1, -0.05) is 12.1 Å². The molecule has 6 heteroatoms. The Bertz CT molecular complexity index is 590. The van der Waals surface area contributed by atoms with Gasteiger partial charge in [-0.25, -0.2) is 9.18 Å². The van der Waals surface area contributed by atoms with Gasteiger partial charge in [-0.3, -0.25) is 5.10 Å². The first kappa shape index (κ1) is 10.3. The number of hydrogen-bond donors (Lipinski definition) is 2. The molecule has 0 aliphatic rings. The van der Waals surface area contributed by atoms with Crippen molar-refractivity contribution in [2.45, 2.75) is 0 Å². The van der Waals surface area contributed by atoms with E-state index >= 15 is 0 Å². The summed E-state index contributed by atoms with van der Waals surface area (Å²) in [7, 11) is 0. The van der Waals surface area contributed by atoms with Crippen molar-refractivity contribution in [3.8, 4) is 0 Å². The molecule has 1 heterocycles. The van der Waals surface area contributed by atoms with E-state index in [0.29, 0.717) is 11.5 Å². The number of carboxylic acid groups (broad SMARTS) is 1. The first-order valence-corrected chi connectivity index (χ1v) is 4.31. The molecule has 4 nitrogen and oxygen atoms in total. The Labute approximate surface area is 88.2 Å². The number of aliphatic carboxylic acids is 1. The number of H-pyrrole nitrogens is 1. The fourth-order valence-corrected chi connectivity index (χ4v) is 1.30. The molecule has 0 amide bonds. The fraction of sp³-hybridized carbons (Fsp3) is 0. The molecule has 0 saturated carbocycles. The number of aromatic nitrogens is 2. The van der Waals surface area contributed by atoms with Gasteiger partial charge in [0, 0.05) is 10.9 Å². The van der Waals surface area contributed by atoms with Crippen molar-refractivity contribution in [3.05, 3.63) is 35.5 Å². The molecule has 0 aliphatic carbocycles. The smallest absolute Gasteiger partial charge is 0.364 e. The molecule has 1 aromatic carbocycles. The minimum atomic E-state index is -1.73. The van der Waals surface area contributed by atoms with Gasteiger partial charge in [0.25, 0.3) is 0 Å². The van der Waals surface area contributed by atoms with Gasteiger partial charge in [0.15, 0.2) is 5.82 Å². The molecule has 2 N–H and O–H groups in total. The third-order valence-electron chi connectivity index (χ3n) is 2.07. The van der Waals surface area contributed by atoms with Crippen molar-refractivity contribution in [2.75, 3.05) is 0 Å². The normalized spacial score (nSPS) is 12.0. The number of hydrogen-bond acceptors (Lipinski definition) is 2. The minimum Gasteiger partial charge on any atom is -0.476 e. The lowest BCUT2D eigenvalue weighted by Gasteiger charge is -1.98. The number of halogens is 2. The van der Waals surface area contributed by atoms with Crippen LogP contribution in [0.2, 0.25) is 0 Å². The van der Waals surface area contributed by atoms with Gasteiger partial charge in [-0.05, 0) is 6.08 Å². The fourth-order valence-electron chi connectivity index (χ4n) is 1.30. The SMILES string of the molecule is O=C(O)/C(F)=C/c1ccc2cn[nH]c2c1F. The predicted octanol–water partition coefficient (Wildman–Crippen LogP) is 2.10. The largest absolute Gasteiger partial charge is 0.476 e. The highest BCUT2D eigenvalue weighted by molar-refractivity contribution is 5.91. The van der Waals surface area contributed by atoms with E-state index in [9.17, 15) is 13.6 Å². The molecule has 0 fully saturated rings. The molecule has 16 heavy (non-hydrogen) atoms. The third-order valence-corrected chi connectivity index (χ3v) is 2.07. The van der Waals surface area contributed by atoms with Crippen LogP contribution >= 0.6 is 0 Å². The second kappa shape index (κ2) is 3.73. The van der Waals surface area contributed by atoms with Gasteiger partial charge in [-0.15, -0.1) is 0 Å². The van der Waals surface area contributed by atoms with E-state index in [1.54, 1.807) is 0 Å². The Morgan fingerprint density at radius 3 is 2.94 bits per heavy atom. The summed E-state index contributed by atoms with van der Waals surface area (Å²) in [4.78, 5) is 10.2. The van der Waals surface area contributed by atoms with Crippen LogP contribution in [-0.4, -0.2) is 21.3 Å². The summed E-state index contributed by atoms with van der Waals surface area (Å²) in [5.41, 5.74) is -0.0245. The van der Waals surface area contributed by atoms with Gasteiger partial charge < -0.3 is 5.11 Å². The van der Waals surface area contributed by atoms with Crippen molar-refractivity contribution in [3.63, 3.8) is 0 Å². The van der Waals surface area contributed by atoms with Crippen molar-refractivity contribution < 1.29 is 18.7 Å². The Balaban J connectivity index is 2.57. The number of nitrogens with one attached hydrogen (secondary N) is 1. The number of carbonyl (C=O) groups is 1. The zero-order chi connectivity index (χ0) is 11.7. The highest BCUT2D eigenvalue weighted by Crippen LogP contribution is 2.20. The molecule has 0 saturated heterocycles. The molecule has 0 bridgehead atoms. The van der Waals surface area contributed by atoms with Crippen molar-refractivity contribution in [2.24, 2.45) is 0 Å². The second-order valence-electron chi connectivity index (χ2n) is 3.10. The molecule has 2 aromatic rings. The van der Waals surface area contributed by atoms with Crippen LogP contribution in [0.3, 0.4) is 0 Å². The van der Waals surface area contributed by atoms with E-state index in [4.69, 9.17) is 5.11 Å². The number of rotatable bonds is 2. The molecular formula is C10H6F2N2O2. The predicted molar refractivity (Wildman–Crippen MR) is 52.8 cm³/mol. The van der Waals surface area contributed by atoms with E-state index in [0.717, 1.165) is 0 Å². The van der Waals surface area contributed by atoms with Gasteiger partial charge in [0.2, 0.25) is 5.83 Å². The van der Waals surface area contributed by atoms with Crippen LogP contribution in [0.15, 0.2) is 24.2 Å². The summed E-state index contributed by atoms with van der Waals surface area (Å²) in [5.74, 6) is -3.88. The zero-order valence-corrected chi connectivity index (χ0v) is 7.87. The summed E-state index contributed by atoms with van der Waals surface area (Å²) < 4.78 is 26.4. The number of nitrogens with zero attached hydrogens (tertiary/aromatic N) is 1. The Morgan fingerprint density at radius 1 is 1.50 bits per heavy atom. The number of aromatic amines is 1. The van der Waals surface area contributed by atoms with E-state index in [1.165, 1.54) is 18.3 Å². The Morgan fingerprint density at radius 2 is 2.25 bits per heavy atom. The number of fused-ring (bicyclic) bond motifs is 1. The summed E-state index contributed by atoms with van der Waals surface area (Å²) in [5, 5.41) is 14.9. The van der Waals surface area contributed by atoms with Gasteiger partial charge in [0.05, 0.1) is 6.20 Å². The van der Waals surface area contributed by atoms with Gasteiger partial charge in [0.1, 0.15) is 5.52 Å². The molecular weight excluding hydrogens is 218 g/mol. The summed E-state index contributed by atoms with van der Waals surface area (Å²) in [6, 6.07) is 2.80. The van der Waals surface area contributed by atoms with Gasteiger partial charge >= 0.3 is 5.97 Å². The monoisotopic (exact) mass is 224 g/mol. The van der Waals surface area contributed by atoms with Gasteiger partial charge in [-0.2, -0.15) is 9.49 Å². The van der Waals surface area contributed by atoms with Crippen molar-refractivity contribution >= 4 is 22.9 Å². The molecule has 82 valence electrons. The number of benzene rings is 1.